The molecule has 1 rings (SSSR count). The third kappa shape index (κ3) is 4.77. The minimum Gasteiger partial charge on any atom is -0.469 e. The van der Waals surface area contributed by atoms with Crippen molar-refractivity contribution in [3.8, 4) is 0 Å². The number of hydrogen-bond donors (Lipinski definition) is 1. The van der Waals surface area contributed by atoms with Gasteiger partial charge in [0.15, 0.2) is 0 Å². The summed E-state index contributed by atoms with van der Waals surface area (Å²) in [7, 11) is 1.42. The number of methoxy groups -OCH3 is 1. The van der Waals surface area contributed by atoms with Crippen LogP contribution in [-0.4, -0.2) is 19.6 Å². The fourth-order valence-corrected chi connectivity index (χ4v) is 2.31. The molecule has 0 atom stereocenters. The van der Waals surface area contributed by atoms with Crippen LogP contribution in [0.4, 0.5) is 0 Å². The number of nitrogens with one attached hydrogen (secondary N) is 1. The monoisotopic (exact) mass is 241 g/mol. The molecule has 3 nitrogen and oxygen atoms in total. The minimum atomic E-state index is -0.174. The molecule has 0 radical (unpaired) electrons. The number of unbranched alkanes of at least 4 members (excludes halogenated alkanes) is 1. The van der Waals surface area contributed by atoms with E-state index in [4.69, 9.17) is 0 Å². The maximum absolute atomic E-state index is 11.1. The van der Waals surface area contributed by atoms with E-state index in [0.29, 0.717) is 6.42 Å². The molecule has 16 heavy (non-hydrogen) atoms. The van der Waals surface area contributed by atoms with Crippen molar-refractivity contribution in [2.75, 3.05) is 13.7 Å². The summed E-state index contributed by atoms with van der Waals surface area (Å²) >= 11 is 1.67. The van der Waals surface area contributed by atoms with E-state index < -0.39 is 0 Å². The summed E-state index contributed by atoms with van der Waals surface area (Å²) in [5.74, 6) is -0.174. The molecule has 0 bridgehead atoms. The van der Waals surface area contributed by atoms with Crippen LogP contribution in [0, 0.1) is 0 Å². The molecule has 4 heteroatoms. The molecule has 0 aliphatic heterocycles. The van der Waals surface area contributed by atoms with Crippen molar-refractivity contribution in [1.29, 1.82) is 0 Å². The summed E-state index contributed by atoms with van der Waals surface area (Å²) in [4.78, 5) is 13.4. The van der Waals surface area contributed by atoms with E-state index in [0.717, 1.165) is 18.0 Å². The number of rotatable bonds is 7. The van der Waals surface area contributed by atoms with E-state index >= 15 is 0 Å². The Bertz CT molecular complexity index is 323. The largest absolute Gasteiger partial charge is 0.469 e. The van der Waals surface area contributed by atoms with Crippen LogP contribution in [0.1, 0.15) is 29.5 Å². The highest BCUT2D eigenvalue weighted by molar-refractivity contribution is 7.12. The Morgan fingerprint density at radius 1 is 1.44 bits per heavy atom. The number of hydrogen-bond acceptors (Lipinski definition) is 4. The Hall–Kier alpha value is -0.870. The molecule has 0 fully saturated rings. The van der Waals surface area contributed by atoms with Crippen molar-refractivity contribution in [2.45, 2.75) is 32.7 Å². The maximum atomic E-state index is 11.1. The molecule has 1 N–H and O–H groups in total. The molecule has 0 saturated heterocycles. The lowest BCUT2D eigenvalue weighted by Crippen LogP contribution is -2.13. The first-order valence-electron chi connectivity index (χ1n) is 5.61. The van der Waals surface area contributed by atoms with Crippen molar-refractivity contribution in [2.24, 2.45) is 0 Å². The van der Waals surface area contributed by atoms with Gasteiger partial charge in [-0.2, -0.15) is 0 Å². The van der Waals surface area contributed by atoms with Crippen molar-refractivity contribution >= 4 is 17.3 Å². The minimum absolute atomic E-state index is 0.174. The number of ether oxygens (including phenoxy) is 1. The maximum Gasteiger partial charge on any atom is 0.310 e. The first-order chi connectivity index (χ1) is 7.76. The lowest BCUT2D eigenvalue weighted by atomic mass is 10.3. The zero-order valence-corrected chi connectivity index (χ0v) is 10.7. The van der Waals surface area contributed by atoms with Gasteiger partial charge in [-0.3, -0.25) is 4.79 Å². The normalized spacial score (nSPS) is 10.4. The average molecular weight is 241 g/mol. The zero-order chi connectivity index (χ0) is 11.8. The van der Waals surface area contributed by atoms with Crippen molar-refractivity contribution < 1.29 is 9.53 Å². The summed E-state index contributed by atoms with van der Waals surface area (Å²) in [6.07, 6.45) is 2.81. The Balaban J connectivity index is 2.30. The van der Waals surface area contributed by atoms with Gasteiger partial charge in [-0.25, -0.2) is 0 Å². The van der Waals surface area contributed by atoms with E-state index in [9.17, 15) is 4.79 Å². The molecule has 90 valence electrons. The average Bonchev–Trinajstić information content (AvgIpc) is 2.72. The quantitative estimate of drug-likeness (QED) is 0.588. The van der Waals surface area contributed by atoms with Crippen molar-refractivity contribution in [3.05, 3.63) is 21.9 Å². The van der Waals surface area contributed by atoms with Gasteiger partial charge in [0, 0.05) is 16.3 Å². The van der Waals surface area contributed by atoms with Gasteiger partial charge < -0.3 is 10.1 Å². The van der Waals surface area contributed by atoms with E-state index in [2.05, 4.69) is 23.0 Å². The van der Waals surface area contributed by atoms with Crippen LogP contribution in [0.25, 0.3) is 0 Å². The first-order valence-corrected chi connectivity index (χ1v) is 6.43. The molecule has 0 spiro atoms. The fraction of sp³-hybridized carbons (Fsp3) is 0.583. The molecule has 0 saturated carbocycles. The smallest absolute Gasteiger partial charge is 0.310 e. The molecule has 0 amide bonds. The molecule has 1 aromatic heterocycles. The van der Waals surface area contributed by atoms with Gasteiger partial charge in [0.05, 0.1) is 13.5 Å². The van der Waals surface area contributed by atoms with E-state index in [1.807, 2.05) is 6.07 Å². The van der Waals surface area contributed by atoms with Crippen LogP contribution >= 0.6 is 11.3 Å². The predicted octanol–water partition coefficient (Wildman–Crippen LogP) is 2.35. The second kappa shape index (κ2) is 7.41. The second-order valence-corrected chi connectivity index (χ2v) is 4.90. The molecule has 1 heterocycles. The number of thiophene rings is 1. The predicted molar refractivity (Wildman–Crippen MR) is 66.7 cm³/mol. The molecular weight excluding hydrogens is 222 g/mol. The van der Waals surface area contributed by atoms with Gasteiger partial charge in [-0.05, 0) is 25.1 Å². The van der Waals surface area contributed by atoms with Crippen molar-refractivity contribution in [1.82, 2.24) is 5.32 Å². The van der Waals surface area contributed by atoms with Crippen LogP contribution in [0.3, 0.4) is 0 Å². The van der Waals surface area contributed by atoms with E-state index in [-0.39, 0.29) is 5.97 Å². The van der Waals surface area contributed by atoms with Gasteiger partial charge >= 0.3 is 5.97 Å². The van der Waals surface area contributed by atoms with E-state index in [1.54, 1.807) is 11.3 Å². The van der Waals surface area contributed by atoms with Crippen LogP contribution in [0.15, 0.2) is 12.1 Å². The van der Waals surface area contributed by atoms with Gasteiger partial charge in [0.1, 0.15) is 0 Å². The van der Waals surface area contributed by atoms with E-state index in [1.165, 1.54) is 24.8 Å². The molecule has 0 aromatic carbocycles. The van der Waals surface area contributed by atoms with Gasteiger partial charge in [-0.1, -0.05) is 13.3 Å². The lowest BCUT2D eigenvalue weighted by molar-refractivity contribution is -0.139. The Morgan fingerprint density at radius 2 is 2.19 bits per heavy atom. The Morgan fingerprint density at radius 3 is 2.88 bits per heavy atom. The highest BCUT2D eigenvalue weighted by Gasteiger charge is 2.05. The molecular formula is C12H19NO2S. The van der Waals surface area contributed by atoms with Gasteiger partial charge in [0.25, 0.3) is 0 Å². The fourth-order valence-electron chi connectivity index (χ4n) is 1.34. The summed E-state index contributed by atoms with van der Waals surface area (Å²) in [5, 5.41) is 3.38. The third-order valence-corrected chi connectivity index (χ3v) is 3.36. The van der Waals surface area contributed by atoms with Crippen LogP contribution in [0.5, 0.6) is 0 Å². The Labute approximate surface area is 101 Å². The zero-order valence-electron chi connectivity index (χ0n) is 9.91. The highest BCUT2D eigenvalue weighted by Crippen LogP contribution is 2.17. The number of carbonyl (C=O) groups is 1. The summed E-state index contributed by atoms with van der Waals surface area (Å²) in [6, 6.07) is 4.07. The van der Waals surface area contributed by atoms with Gasteiger partial charge in [-0.15, -0.1) is 11.3 Å². The molecule has 0 aliphatic carbocycles. The number of carbonyl (C=O) groups excluding carboxylic acids is 1. The lowest BCUT2D eigenvalue weighted by Gasteiger charge is -2.00. The number of esters is 1. The molecule has 0 aliphatic rings. The second-order valence-electron chi connectivity index (χ2n) is 3.65. The van der Waals surface area contributed by atoms with Gasteiger partial charge in [0.2, 0.25) is 0 Å². The summed E-state index contributed by atoms with van der Waals surface area (Å²) in [6.45, 7) is 4.13. The third-order valence-electron chi connectivity index (χ3n) is 2.27. The standard InChI is InChI=1S/C12H19NO2S/c1-3-4-7-13-9-11-6-5-10(16-11)8-12(14)15-2/h5-6,13H,3-4,7-9H2,1-2H3. The molecule has 1 aromatic rings. The molecule has 0 unspecified atom stereocenters. The van der Waals surface area contributed by atoms with Crippen LogP contribution in [-0.2, 0) is 22.5 Å². The van der Waals surface area contributed by atoms with Crippen molar-refractivity contribution in [3.63, 3.8) is 0 Å². The summed E-state index contributed by atoms with van der Waals surface area (Å²) in [5.41, 5.74) is 0. The van der Waals surface area contributed by atoms with Crippen LogP contribution in [0.2, 0.25) is 0 Å². The Kier molecular flexibility index (Phi) is 6.11. The highest BCUT2D eigenvalue weighted by atomic mass is 32.1. The topological polar surface area (TPSA) is 38.3 Å². The SMILES string of the molecule is CCCCNCc1ccc(CC(=O)OC)s1. The summed E-state index contributed by atoms with van der Waals surface area (Å²) < 4.78 is 4.63. The van der Waals surface area contributed by atoms with Crippen LogP contribution < -0.4 is 5.32 Å². The first kappa shape index (κ1) is 13.2.